The number of pyridine rings is 1. The van der Waals surface area contributed by atoms with Gasteiger partial charge in [-0.05, 0) is 30.2 Å². The number of benzene rings is 1. The lowest BCUT2D eigenvalue weighted by molar-refractivity contribution is -0.137. The summed E-state index contributed by atoms with van der Waals surface area (Å²) in [7, 11) is 0. The van der Waals surface area contributed by atoms with Gasteiger partial charge in [0.05, 0.1) is 10.6 Å². The van der Waals surface area contributed by atoms with E-state index in [1.807, 2.05) is 12.1 Å². The number of halogens is 4. The molecule has 1 aliphatic heterocycles. The number of rotatable bonds is 7. The molecule has 28 heavy (non-hydrogen) atoms. The van der Waals surface area contributed by atoms with Gasteiger partial charge in [-0.3, -0.25) is 4.79 Å². The Bertz CT molecular complexity index is 862. The number of carbonyl (C=O) groups is 1. The van der Waals surface area contributed by atoms with Gasteiger partial charge in [-0.15, -0.1) is 0 Å². The number of fused-ring (bicyclic) bond motifs is 1. The number of aromatic nitrogens is 1. The van der Waals surface area contributed by atoms with Gasteiger partial charge in [0.15, 0.2) is 11.5 Å². The highest BCUT2D eigenvalue weighted by atomic mass is 35.5. The van der Waals surface area contributed by atoms with E-state index in [0.717, 1.165) is 11.6 Å². The topological polar surface area (TPSA) is 72.5 Å². The Morgan fingerprint density at radius 3 is 2.71 bits per heavy atom. The van der Waals surface area contributed by atoms with Crippen LogP contribution in [0.1, 0.15) is 17.5 Å². The van der Waals surface area contributed by atoms with Crippen LogP contribution in [0.25, 0.3) is 0 Å². The van der Waals surface area contributed by atoms with E-state index in [1.165, 1.54) is 0 Å². The molecule has 1 aromatic carbocycles. The van der Waals surface area contributed by atoms with E-state index in [-0.39, 0.29) is 36.6 Å². The first-order valence-corrected chi connectivity index (χ1v) is 8.82. The fourth-order valence-electron chi connectivity index (χ4n) is 2.55. The molecule has 0 radical (unpaired) electrons. The van der Waals surface area contributed by atoms with E-state index in [4.69, 9.17) is 21.1 Å². The van der Waals surface area contributed by atoms with Crippen molar-refractivity contribution in [1.82, 2.24) is 10.3 Å². The summed E-state index contributed by atoms with van der Waals surface area (Å²) in [5, 5.41) is 5.38. The van der Waals surface area contributed by atoms with Gasteiger partial charge in [0.2, 0.25) is 12.7 Å². The fraction of sp³-hybridized carbons (Fsp3) is 0.333. The average Bonchev–Trinajstić information content (AvgIpc) is 3.11. The van der Waals surface area contributed by atoms with Crippen LogP contribution in [0.3, 0.4) is 0 Å². The number of nitrogens with zero attached hydrogens (tertiary/aromatic N) is 1. The van der Waals surface area contributed by atoms with E-state index in [0.29, 0.717) is 30.5 Å². The highest BCUT2D eigenvalue weighted by Gasteiger charge is 2.31. The number of anilines is 1. The number of ether oxygens (including phenoxy) is 2. The van der Waals surface area contributed by atoms with Gasteiger partial charge in [-0.1, -0.05) is 17.7 Å². The van der Waals surface area contributed by atoms with Gasteiger partial charge in [0.1, 0.15) is 5.82 Å². The van der Waals surface area contributed by atoms with Crippen LogP contribution in [-0.2, 0) is 17.4 Å². The predicted molar refractivity (Wildman–Crippen MR) is 96.6 cm³/mol. The minimum Gasteiger partial charge on any atom is -0.454 e. The van der Waals surface area contributed by atoms with Crippen LogP contribution in [0.2, 0.25) is 5.02 Å². The third-order valence-corrected chi connectivity index (χ3v) is 4.27. The quantitative estimate of drug-likeness (QED) is 0.675. The molecule has 0 aliphatic carbocycles. The van der Waals surface area contributed by atoms with Crippen LogP contribution in [0.15, 0.2) is 30.5 Å². The summed E-state index contributed by atoms with van der Waals surface area (Å²) in [6.45, 7) is 0.747. The van der Waals surface area contributed by atoms with Crippen LogP contribution in [0.4, 0.5) is 19.0 Å². The molecule has 10 heteroatoms. The zero-order valence-electron chi connectivity index (χ0n) is 14.6. The van der Waals surface area contributed by atoms with Gasteiger partial charge in [0, 0.05) is 25.7 Å². The van der Waals surface area contributed by atoms with Crippen molar-refractivity contribution < 1.29 is 27.4 Å². The molecule has 0 saturated heterocycles. The lowest BCUT2D eigenvalue weighted by atomic mass is 10.1. The molecule has 6 nitrogen and oxygen atoms in total. The second kappa shape index (κ2) is 8.55. The number of alkyl halides is 3. The zero-order valence-corrected chi connectivity index (χ0v) is 15.4. The molecule has 0 bridgehead atoms. The van der Waals surface area contributed by atoms with Gasteiger partial charge < -0.3 is 20.1 Å². The molecular formula is C18H17ClF3N3O3. The Morgan fingerprint density at radius 1 is 1.18 bits per heavy atom. The molecule has 1 aliphatic rings. The Kier molecular flexibility index (Phi) is 6.13. The van der Waals surface area contributed by atoms with Crippen LogP contribution in [-0.4, -0.2) is 30.8 Å². The Labute approximate surface area is 164 Å². The van der Waals surface area contributed by atoms with Crippen LogP contribution in [0.5, 0.6) is 11.5 Å². The molecule has 1 amide bonds. The first kappa shape index (κ1) is 20.1. The van der Waals surface area contributed by atoms with Crippen molar-refractivity contribution >= 4 is 23.3 Å². The normalized spacial score (nSPS) is 12.7. The summed E-state index contributed by atoms with van der Waals surface area (Å²) in [4.78, 5) is 15.6. The van der Waals surface area contributed by atoms with Gasteiger partial charge in [0.25, 0.3) is 0 Å². The molecule has 0 unspecified atom stereocenters. The van der Waals surface area contributed by atoms with Crippen LogP contribution < -0.4 is 20.1 Å². The molecule has 2 heterocycles. The maximum Gasteiger partial charge on any atom is 0.417 e. The molecule has 0 spiro atoms. The summed E-state index contributed by atoms with van der Waals surface area (Å²) in [5.41, 5.74) is 0.0399. The summed E-state index contributed by atoms with van der Waals surface area (Å²) < 4.78 is 48.3. The fourth-order valence-corrected chi connectivity index (χ4v) is 2.78. The predicted octanol–water partition coefficient (Wildman–Crippen LogP) is 3.64. The van der Waals surface area contributed by atoms with Crippen molar-refractivity contribution in [3.8, 4) is 11.5 Å². The first-order valence-electron chi connectivity index (χ1n) is 8.45. The highest BCUT2D eigenvalue weighted by Crippen LogP contribution is 2.33. The van der Waals surface area contributed by atoms with Crippen molar-refractivity contribution in [3.63, 3.8) is 0 Å². The van der Waals surface area contributed by atoms with Crippen LogP contribution in [0, 0.1) is 0 Å². The van der Waals surface area contributed by atoms with E-state index >= 15 is 0 Å². The molecule has 0 atom stereocenters. The second-order valence-corrected chi connectivity index (χ2v) is 6.42. The van der Waals surface area contributed by atoms with Gasteiger partial charge >= 0.3 is 6.18 Å². The average molecular weight is 416 g/mol. The molecule has 2 aromatic rings. The van der Waals surface area contributed by atoms with Gasteiger partial charge in [-0.2, -0.15) is 13.2 Å². The largest absolute Gasteiger partial charge is 0.454 e. The standard InChI is InChI=1S/C18H17ClF3N3O3/c19-13-8-12(18(20,21)22)9-25-17(13)24-6-5-23-16(26)4-2-11-1-3-14-15(7-11)28-10-27-14/h1,3,7-9H,2,4-6,10H2,(H,23,26)(H,24,25). The van der Waals surface area contributed by atoms with Gasteiger partial charge in [-0.25, -0.2) is 4.98 Å². The summed E-state index contributed by atoms with van der Waals surface area (Å²) in [5.74, 6) is 1.34. The summed E-state index contributed by atoms with van der Waals surface area (Å²) in [6, 6.07) is 6.33. The molecule has 3 rings (SSSR count). The van der Waals surface area contributed by atoms with Crippen molar-refractivity contribution in [2.45, 2.75) is 19.0 Å². The van der Waals surface area contributed by atoms with Crippen molar-refractivity contribution in [2.24, 2.45) is 0 Å². The number of hydrogen-bond donors (Lipinski definition) is 2. The van der Waals surface area contributed by atoms with Crippen LogP contribution >= 0.6 is 11.6 Å². The molecule has 0 fully saturated rings. The Hall–Kier alpha value is -2.68. The first-order chi connectivity index (χ1) is 13.3. The van der Waals surface area contributed by atoms with E-state index in [9.17, 15) is 18.0 Å². The molecule has 2 N–H and O–H groups in total. The van der Waals surface area contributed by atoms with Crippen molar-refractivity contribution in [3.05, 3.63) is 46.6 Å². The number of hydrogen-bond acceptors (Lipinski definition) is 5. The Morgan fingerprint density at radius 2 is 1.96 bits per heavy atom. The lowest BCUT2D eigenvalue weighted by Crippen LogP contribution is -2.29. The lowest BCUT2D eigenvalue weighted by Gasteiger charge is -2.11. The van der Waals surface area contributed by atoms with E-state index < -0.39 is 11.7 Å². The smallest absolute Gasteiger partial charge is 0.417 e. The van der Waals surface area contributed by atoms with E-state index in [2.05, 4.69) is 15.6 Å². The SMILES string of the molecule is O=C(CCc1ccc2c(c1)OCO2)NCCNc1ncc(C(F)(F)F)cc1Cl. The van der Waals surface area contributed by atoms with Crippen molar-refractivity contribution in [2.75, 3.05) is 25.2 Å². The summed E-state index contributed by atoms with van der Waals surface area (Å²) >= 11 is 5.80. The van der Waals surface area contributed by atoms with Crippen molar-refractivity contribution in [1.29, 1.82) is 0 Å². The molecule has 0 saturated carbocycles. The zero-order chi connectivity index (χ0) is 20.1. The third kappa shape index (κ3) is 5.19. The monoisotopic (exact) mass is 415 g/mol. The Balaban J connectivity index is 1.39. The highest BCUT2D eigenvalue weighted by molar-refractivity contribution is 6.32. The maximum absolute atomic E-state index is 12.6. The molecule has 150 valence electrons. The number of nitrogens with one attached hydrogen (secondary N) is 2. The number of amides is 1. The summed E-state index contributed by atoms with van der Waals surface area (Å²) in [6.07, 6.45) is -2.96. The maximum atomic E-state index is 12.6. The van der Waals surface area contributed by atoms with E-state index in [1.54, 1.807) is 6.07 Å². The number of aryl methyl sites for hydroxylation is 1. The second-order valence-electron chi connectivity index (χ2n) is 6.02. The minimum atomic E-state index is -4.50. The number of carbonyl (C=O) groups excluding carboxylic acids is 1. The minimum absolute atomic E-state index is 0.129. The molecular weight excluding hydrogens is 399 g/mol. The molecule has 1 aromatic heterocycles. The third-order valence-electron chi connectivity index (χ3n) is 3.99.